The topological polar surface area (TPSA) is 56.7 Å². The highest BCUT2D eigenvalue weighted by molar-refractivity contribution is 5.49. The summed E-state index contributed by atoms with van der Waals surface area (Å²) in [5, 5.41) is 3.25. The Bertz CT molecular complexity index is 729. The molecular formula is C13H12F6N4. The molecule has 4 nitrogen and oxygen atoms in total. The van der Waals surface area contributed by atoms with Gasteiger partial charge in [-0.2, -0.15) is 36.0 Å². The molecule has 0 aliphatic carbocycles. The molecule has 2 aromatic rings. The van der Waals surface area contributed by atoms with Gasteiger partial charge in [0.25, 0.3) is 5.82 Å². The van der Waals surface area contributed by atoms with E-state index in [0.29, 0.717) is 15.8 Å². The Kier molecular flexibility index (Phi) is 4.03. The molecule has 0 unspecified atom stereocenters. The molecular weight excluding hydrogens is 326 g/mol. The van der Waals surface area contributed by atoms with E-state index in [9.17, 15) is 26.3 Å². The summed E-state index contributed by atoms with van der Waals surface area (Å²) in [6, 6.07) is 2.56. The van der Waals surface area contributed by atoms with Crippen LogP contribution in [0.15, 0.2) is 12.1 Å². The van der Waals surface area contributed by atoms with Crippen LogP contribution in [0.25, 0.3) is 5.69 Å². The van der Waals surface area contributed by atoms with Crippen molar-refractivity contribution in [2.45, 2.75) is 32.6 Å². The molecule has 1 aromatic carbocycles. The van der Waals surface area contributed by atoms with Gasteiger partial charge in [-0.15, -0.1) is 5.10 Å². The van der Waals surface area contributed by atoms with Crippen molar-refractivity contribution in [2.75, 3.05) is 5.73 Å². The van der Waals surface area contributed by atoms with Crippen molar-refractivity contribution in [3.63, 3.8) is 0 Å². The second-order valence-electron chi connectivity index (χ2n) is 5.06. The number of hydrogen-bond acceptors (Lipinski definition) is 3. The number of nitrogens with two attached hydrogens (primary N) is 1. The standard InChI is InChI=1S/C13H12F6N4/c1-6-3-7(2)9(4-8(6)5-12(14,15)16)23-11(20)21-10(22-23)13(17,18)19/h3-4H,5H2,1-2H3,(H2,20,21,22). The van der Waals surface area contributed by atoms with E-state index in [4.69, 9.17) is 5.73 Å². The molecule has 2 rings (SSSR count). The monoisotopic (exact) mass is 338 g/mol. The van der Waals surface area contributed by atoms with Crippen molar-refractivity contribution in [1.82, 2.24) is 14.8 Å². The minimum atomic E-state index is -4.80. The Morgan fingerprint density at radius 1 is 1.04 bits per heavy atom. The largest absolute Gasteiger partial charge is 0.453 e. The first-order valence-corrected chi connectivity index (χ1v) is 6.35. The maximum atomic E-state index is 12.6. The molecule has 0 saturated carbocycles. The predicted octanol–water partition coefficient (Wildman–Crippen LogP) is 3.59. The van der Waals surface area contributed by atoms with Gasteiger partial charge < -0.3 is 5.73 Å². The van der Waals surface area contributed by atoms with E-state index < -0.39 is 30.5 Å². The first-order valence-electron chi connectivity index (χ1n) is 6.35. The number of nitrogens with zero attached hydrogens (tertiary/aromatic N) is 3. The third-order valence-electron chi connectivity index (χ3n) is 3.16. The summed E-state index contributed by atoms with van der Waals surface area (Å²) in [4.78, 5) is 3.11. The van der Waals surface area contributed by atoms with Crippen LogP contribution in [-0.2, 0) is 12.6 Å². The van der Waals surface area contributed by atoms with Crippen LogP contribution in [0, 0.1) is 13.8 Å². The molecule has 0 aliphatic rings. The Labute approximate surface area is 126 Å². The lowest BCUT2D eigenvalue weighted by Gasteiger charge is -2.14. The summed E-state index contributed by atoms with van der Waals surface area (Å²) < 4.78 is 76.3. The molecule has 0 radical (unpaired) electrons. The van der Waals surface area contributed by atoms with Crippen molar-refractivity contribution in [2.24, 2.45) is 0 Å². The maximum absolute atomic E-state index is 12.6. The third kappa shape index (κ3) is 3.74. The van der Waals surface area contributed by atoms with E-state index in [1.54, 1.807) is 0 Å². The quantitative estimate of drug-likeness (QED) is 0.852. The number of halogens is 6. The lowest BCUT2D eigenvalue weighted by molar-refractivity contribution is -0.144. The summed E-state index contributed by atoms with van der Waals surface area (Å²) in [5.74, 6) is -2.01. The molecule has 126 valence electrons. The van der Waals surface area contributed by atoms with Crippen molar-refractivity contribution in [1.29, 1.82) is 0 Å². The van der Waals surface area contributed by atoms with Gasteiger partial charge in [-0.05, 0) is 36.6 Å². The second kappa shape index (κ2) is 5.43. The summed E-state index contributed by atoms with van der Waals surface area (Å²) in [6.07, 6.45) is -10.4. The Morgan fingerprint density at radius 2 is 1.65 bits per heavy atom. The molecule has 0 bridgehead atoms. The molecule has 0 aliphatic heterocycles. The lowest BCUT2D eigenvalue weighted by atomic mass is 10.0. The highest BCUT2D eigenvalue weighted by Crippen LogP contribution is 2.30. The SMILES string of the molecule is Cc1cc(C)c(-n2nc(C(F)(F)F)nc2N)cc1CC(F)(F)F. The van der Waals surface area contributed by atoms with E-state index in [-0.39, 0.29) is 11.3 Å². The van der Waals surface area contributed by atoms with Crippen LogP contribution in [-0.4, -0.2) is 20.9 Å². The molecule has 2 N–H and O–H groups in total. The number of nitrogen functional groups attached to an aromatic ring is 1. The minimum absolute atomic E-state index is 0.0235. The summed E-state index contributed by atoms with van der Waals surface area (Å²) in [7, 11) is 0. The minimum Gasteiger partial charge on any atom is -0.368 e. The Balaban J connectivity index is 2.56. The number of rotatable bonds is 2. The number of benzene rings is 1. The van der Waals surface area contributed by atoms with Gasteiger partial charge >= 0.3 is 12.4 Å². The van der Waals surface area contributed by atoms with Gasteiger partial charge in [0.05, 0.1) is 12.1 Å². The molecule has 10 heteroatoms. The number of aryl methyl sites for hydroxylation is 2. The maximum Gasteiger partial charge on any atom is 0.453 e. The van der Waals surface area contributed by atoms with Gasteiger partial charge in [-0.1, -0.05) is 6.07 Å². The van der Waals surface area contributed by atoms with E-state index in [1.165, 1.54) is 19.9 Å². The van der Waals surface area contributed by atoms with E-state index in [1.807, 2.05) is 0 Å². The molecule has 0 atom stereocenters. The van der Waals surface area contributed by atoms with Crippen molar-refractivity contribution >= 4 is 5.95 Å². The zero-order valence-electron chi connectivity index (χ0n) is 12.0. The summed E-state index contributed by atoms with van der Waals surface area (Å²) in [5.41, 5.74) is 6.18. The molecule has 0 fully saturated rings. The predicted molar refractivity (Wildman–Crippen MR) is 70.0 cm³/mol. The highest BCUT2D eigenvalue weighted by atomic mass is 19.4. The van der Waals surface area contributed by atoms with Gasteiger partial charge in [0.15, 0.2) is 0 Å². The fourth-order valence-corrected chi connectivity index (χ4v) is 2.14. The summed E-state index contributed by atoms with van der Waals surface area (Å²) >= 11 is 0. The third-order valence-corrected chi connectivity index (χ3v) is 3.16. The van der Waals surface area contributed by atoms with Gasteiger partial charge in [0, 0.05) is 0 Å². The van der Waals surface area contributed by atoms with E-state index >= 15 is 0 Å². The smallest absolute Gasteiger partial charge is 0.368 e. The first kappa shape index (κ1) is 17.1. The highest BCUT2D eigenvalue weighted by Gasteiger charge is 2.37. The Hall–Kier alpha value is -2.26. The normalized spacial score (nSPS) is 12.7. The first-order chi connectivity index (χ1) is 10.4. The number of hydrogen-bond donors (Lipinski definition) is 1. The average Bonchev–Trinajstić information content (AvgIpc) is 2.73. The van der Waals surface area contributed by atoms with Crippen LogP contribution in [0.4, 0.5) is 32.3 Å². The number of anilines is 1. The number of alkyl halides is 6. The molecule has 1 heterocycles. The molecule has 0 saturated heterocycles. The van der Waals surface area contributed by atoms with Crippen molar-refractivity contribution < 1.29 is 26.3 Å². The molecule has 1 aromatic heterocycles. The van der Waals surface area contributed by atoms with Crippen LogP contribution in [0.2, 0.25) is 0 Å². The molecule has 0 amide bonds. The van der Waals surface area contributed by atoms with Crippen LogP contribution in [0.3, 0.4) is 0 Å². The average molecular weight is 338 g/mol. The Morgan fingerprint density at radius 3 is 2.13 bits per heavy atom. The van der Waals surface area contributed by atoms with Crippen LogP contribution >= 0.6 is 0 Å². The number of aromatic nitrogens is 3. The van der Waals surface area contributed by atoms with Crippen LogP contribution < -0.4 is 5.73 Å². The van der Waals surface area contributed by atoms with Crippen molar-refractivity contribution in [3.05, 3.63) is 34.6 Å². The molecule has 0 spiro atoms. The van der Waals surface area contributed by atoms with E-state index in [0.717, 1.165) is 6.07 Å². The molecule has 23 heavy (non-hydrogen) atoms. The van der Waals surface area contributed by atoms with Gasteiger partial charge in [-0.3, -0.25) is 0 Å². The lowest BCUT2D eigenvalue weighted by Crippen LogP contribution is -2.14. The summed E-state index contributed by atoms with van der Waals surface area (Å²) in [6.45, 7) is 3.03. The van der Waals surface area contributed by atoms with Gasteiger partial charge in [0.2, 0.25) is 5.95 Å². The van der Waals surface area contributed by atoms with E-state index in [2.05, 4.69) is 10.1 Å². The van der Waals surface area contributed by atoms with Crippen LogP contribution in [0.5, 0.6) is 0 Å². The second-order valence-corrected chi connectivity index (χ2v) is 5.06. The van der Waals surface area contributed by atoms with Crippen LogP contribution in [0.1, 0.15) is 22.5 Å². The van der Waals surface area contributed by atoms with Gasteiger partial charge in [0.1, 0.15) is 0 Å². The fraction of sp³-hybridized carbons (Fsp3) is 0.385. The fourth-order valence-electron chi connectivity index (χ4n) is 2.14. The zero-order valence-corrected chi connectivity index (χ0v) is 12.0. The zero-order chi connectivity index (χ0) is 17.6. The van der Waals surface area contributed by atoms with Crippen molar-refractivity contribution in [3.8, 4) is 5.69 Å². The van der Waals surface area contributed by atoms with Gasteiger partial charge in [-0.25, -0.2) is 0 Å².